The zero-order valence-corrected chi connectivity index (χ0v) is 9.88. The Balaban J connectivity index is 2.58. The molecule has 2 aromatic rings. The number of hydrogen-bond donors (Lipinski definition) is 0. The van der Waals surface area contributed by atoms with Crippen molar-refractivity contribution in [3.8, 4) is 11.5 Å². The molecule has 2 rings (SSSR count). The fourth-order valence-electron chi connectivity index (χ4n) is 1.00. The quantitative estimate of drug-likeness (QED) is 0.590. The fraction of sp³-hybridized carbons (Fsp3) is 0. The van der Waals surface area contributed by atoms with Gasteiger partial charge in [0.05, 0.1) is 10.6 Å². The Bertz CT molecular complexity index is 517. The second-order valence-corrected chi connectivity index (χ2v) is 3.99. The first-order valence-electron chi connectivity index (χ1n) is 3.72. The van der Waals surface area contributed by atoms with Crippen molar-refractivity contribution in [1.29, 1.82) is 0 Å². The highest BCUT2D eigenvalue weighted by Gasteiger charge is 2.15. The first kappa shape index (κ1) is 10.7. The molecule has 3 nitrogen and oxygen atoms in total. The molecule has 0 saturated carbocycles. The van der Waals surface area contributed by atoms with Crippen LogP contribution in [-0.4, -0.2) is 10.1 Å². The second-order valence-electron chi connectivity index (χ2n) is 2.61. The number of aromatic nitrogens is 2. The third kappa shape index (κ3) is 2.10. The van der Waals surface area contributed by atoms with Gasteiger partial charge in [-0.3, -0.25) is 0 Å². The number of halogens is 4. The molecule has 0 aliphatic heterocycles. The number of hydrogen-bond acceptors (Lipinski definition) is 3. The summed E-state index contributed by atoms with van der Waals surface area (Å²) in [5.41, 5.74) is -0.104. The normalized spacial score (nSPS) is 10.7. The lowest BCUT2D eigenvalue weighted by molar-refractivity contribution is 0.423. The van der Waals surface area contributed by atoms with Gasteiger partial charge in [0, 0.05) is 22.6 Å². The maximum absolute atomic E-state index is 13.3. The van der Waals surface area contributed by atoms with Crippen LogP contribution in [0.25, 0.3) is 11.5 Å². The van der Waals surface area contributed by atoms with Crippen LogP contribution in [0.1, 0.15) is 0 Å². The third-order valence-corrected chi connectivity index (χ3v) is 2.37. The monoisotopic (exact) mass is 342 g/mol. The molecule has 1 aromatic heterocycles. The molecule has 78 valence electrons. The fourth-order valence-corrected chi connectivity index (χ4v) is 1.47. The van der Waals surface area contributed by atoms with E-state index in [0.29, 0.717) is 3.83 Å². The summed E-state index contributed by atoms with van der Waals surface area (Å²) in [4.78, 5) is 3.77. The molecule has 1 aromatic carbocycles. The Hall–Kier alpha value is -0.760. The molecule has 0 fully saturated rings. The molecule has 0 atom stereocenters. The van der Waals surface area contributed by atoms with Gasteiger partial charge in [0.15, 0.2) is 0 Å². The van der Waals surface area contributed by atoms with Crippen molar-refractivity contribution in [2.24, 2.45) is 0 Å². The predicted molar refractivity (Wildman–Crippen MR) is 57.4 cm³/mol. The highest BCUT2D eigenvalue weighted by Crippen LogP contribution is 2.26. The highest BCUT2D eigenvalue weighted by atomic mass is 127. The maximum atomic E-state index is 13.3. The van der Waals surface area contributed by atoms with E-state index in [-0.39, 0.29) is 16.5 Å². The molecule has 0 saturated heterocycles. The first-order chi connectivity index (χ1) is 7.08. The third-order valence-electron chi connectivity index (χ3n) is 1.64. The Morgan fingerprint density at radius 1 is 1.27 bits per heavy atom. The van der Waals surface area contributed by atoms with E-state index in [4.69, 9.17) is 16.1 Å². The van der Waals surface area contributed by atoms with Crippen LogP contribution in [0.3, 0.4) is 0 Å². The summed E-state index contributed by atoms with van der Waals surface area (Å²) in [6.07, 6.45) is 0. The van der Waals surface area contributed by atoms with Crippen molar-refractivity contribution in [3.63, 3.8) is 0 Å². The van der Waals surface area contributed by atoms with Crippen molar-refractivity contribution in [1.82, 2.24) is 10.1 Å². The zero-order valence-electron chi connectivity index (χ0n) is 6.97. The molecule has 0 unspecified atom stereocenters. The maximum Gasteiger partial charge on any atom is 0.261 e. The summed E-state index contributed by atoms with van der Waals surface area (Å²) < 4.78 is 31.4. The lowest BCUT2D eigenvalue weighted by Crippen LogP contribution is -1.88. The van der Waals surface area contributed by atoms with E-state index in [9.17, 15) is 8.78 Å². The van der Waals surface area contributed by atoms with Gasteiger partial charge < -0.3 is 4.52 Å². The van der Waals surface area contributed by atoms with Crippen LogP contribution in [0, 0.1) is 15.5 Å². The largest absolute Gasteiger partial charge is 0.333 e. The summed E-state index contributed by atoms with van der Waals surface area (Å²) >= 11 is 7.19. The Morgan fingerprint density at radius 2 is 2.00 bits per heavy atom. The van der Waals surface area contributed by atoms with E-state index >= 15 is 0 Å². The van der Waals surface area contributed by atoms with Gasteiger partial charge in [-0.25, -0.2) is 8.78 Å². The molecule has 1 heterocycles. The molecule has 0 spiro atoms. The van der Waals surface area contributed by atoms with Crippen molar-refractivity contribution in [2.75, 3.05) is 0 Å². The van der Waals surface area contributed by atoms with Crippen LogP contribution in [0.15, 0.2) is 16.7 Å². The van der Waals surface area contributed by atoms with E-state index in [2.05, 4.69) is 10.1 Å². The van der Waals surface area contributed by atoms with E-state index in [0.717, 1.165) is 12.1 Å². The number of nitrogens with zero attached hydrogens (tertiary/aromatic N) is 2. The Kier molecular flexibility index (Phi) is 2.87. The van der Waals surface area contributed by atoms with Gasteiger partial charge in [0.1, 0.15) is 11.6 Å². The number of benzene rings is 1. The van der Waals surface area contributed by atoms with Gasteiger partial charge in [0.25, 0.3) is 5.89 Å². The van der Waals surface area contributed by atoms with Crippen LogP contribution in [-0.2, 0) is 0 Å². The number of rotatable bonds is 1. The minimum atomic E-state index is -0.735. The summed E-state index contributed by atoms with van der Waals surface area (Å²) in [5, 5.41) is 3.18. The smallest absolute Gasteiger partial charge is 0.261 e. The molecular formula is C8H2ClF2IN2O. The summed E-state index contributed by atoms with van der Waals surface area (Å²) in [6.45, 7) is 0. The van der Waals surface area contributed by atoms with Gasteiger partial charge >= 0.3 is 0 Å². The van der Waals surface area contributed by atoms with Gasteiger partial charge in [-0.05, 0) is 12.1 Å². The lowest BCUT2D eigenvalue weighted by Gasteiger charge is -1.99. The minimum absolute atomic E-state index is 0.0764. The summed E-state index contributed by atoms with van der Waals surface area (Å²) in [6, 6.07) is 1.78. The van der Waals surface area contributed by atoms with Crippen molar-refractivity contribution < 1.29 is 13.3 Å². The van der Waals surface area contributed by atoms with Gasteiger partial charge in [-0.15, -0.1) is 0 Å². The second kappa shape index (κ2) is 4.01. The van der Waals surface area contributed by atoms with Crippen LogP contribution in [0.4, 0.5) is 8.78 Å². The van der Waals surface area contributed by atoms with E-state index in [1.54, 1.807) is 22.6 Å². The Morgan fingerprint density at radius 3 is 2.60 bits per heavy atom. The van der Waals surface area contributed by atoms with Gasteiger partial charge in [0.2, 0.25) is 3.83 Å². The van der Waals surface area contributed by atoms with Crippen LogP contribution in [0.2, 0.25) is 5.02 Å². The summed E-state index contributed by atoms with van der Waals surface area (Å²) in [5.74, 6) is -1.52. The van der Waals surface area contributed by atoms with Crippen molar-refractivity contribution >= 4 is 34.2 Å². The molecular weight excluding hydrogens is 340 g/mol. The van der Waals surface area contributed by atoms with Crippen LogP contribution < -0.4 is 0 Å². The average Bonchev–Trinajstić information content (AvgIpc) is 2.58. The van der Waals surface area contributed by atoms with Crippen LogP contribution >= 0.6 is 34.2 Å². The van der Waals surface area contributed by atoms with Crippen molar-refractivity contribution in [2.45, 2.75) is 0 Å². The van der Waals surface area contributed by atoms with Crippen LogP contribution in [0.5, 0.6) is 0 Å². The van der Waals surface area contributed by atoms with E-state index in [1.807, 2.05) is 0 Å². The topological polar surface area (TPSA) is 38.9 Å². The molecule has 0 aliphatic rings. The highest BCUT2D eigenvalue weighted by molar-refractivity contribution is 14.1. The molecule has 0 bridgehead atoms. The summed E-state index contributed by atoms with van der Waals surface area (Å²) in [7, 11) is 0. The van der Waals surface area contributed by atoms with Gasteiger partial charge in [-0.2, -0.15) is 4.98 Å². The van der Waals surface area contributed by atoms with E-state index in [1.165, 1.54) is 0 Å². The average molecular weight is 342 g/mol. The molecule has 7 heteroatoms. The molecule has 0 aliphatic carbocycles. The molecule has 0 radical (unpaired) electrons. The lowest BCUT2D eigenvalue weighted by atomic mass is 10.2. The molecule has 0 amide bonds. The Labute approximate surface area is 102 Å². The minimum Gasteiger partial charge on any atom is -0.333 e. The zero-order chi connectivity index (χ0) is 11.0. The standard InChI is InChI=1S/C8H2ClF2IN2O/c9-4-2-5(10)3(1-6(4)11)7-13-8(12)14-15-7/h1-2H. The molecule has 0 N–H and O–H groups in total. The predicted octanol–water partition coefficient (Wildman–Crippen LogP) is 3.27. The molecule has 15 heavy (non-hydrogen) atoms. The van der Waals surface area contributed by atoms with Crippen molar-refractivity contribution in [3.05, 3.63) is 32.6 Å². The SMILES string of the molecule is Fc1cc(-c2nc(I)no2)c(F)cc1Cl. The first-order valence-corrected chi connectivity index (χ1v) is 5.17. The van der Waals surface area contributed by atoms with E-state index < -0.39 is 11.6 Å². The van der Waals surface area contributed by atoms with Gasteiger partial charge in [-0.1, -0.05) is 16.8 Å².